The van der Waals surface area contributed by atoms with Crippen LogP contribution in [0.2, 0.25) is 0 Å². The van der Waals surface area contributed by atoms with Gasteiger partial charge in [-0.1, -0.05) is 0 Å². The van der Waals surface area contributed by atoms with Gasteiger partial charge in [0.25, 0.3) is 0 Å². The Morgan fingerprint density at radius 3 is 2.43 bits per heavy atom. The highest BCUT2D eigenvalue weighted by Crippen LogP contribution is 2.19. The highest BCUT2D eigenvalue weighted by molar-refractivity contribution is 5.75. The van der Waals surface area contributed by atoms with Gasteiger partial charge in [0.05, 0.1) is 19.3 Å². The molecule has 0 N–H and O–H groups in total. The molecule has 74 valence electrons. The highest BCUT2D eigenvalue weighted by atomic mass is 16.5. The number of likely N-dealkylation sites (N-methyl/N-ethyl adjacent to an activating group) is 1. The maximum atomic E-state index is 10.5. The van der Waals surface area contributed by atoms with Crippen molar-refractivity contribution in [1.29, 1.82) is 0 Å². The number of hydrogen-bond donors (Lipinski definition) is 0. The van der Waals surface area contributed by atoms with Crippen molar-refractivity contribution >= 4 is 12.0 Å². The van der Waals surface area contributed by atoms with Crippen molar-refractivity contribution < 1.29 is 9.53 Å². The molecule has 0 amide bonds. The zero-order chi connectivity index (χ0) is 9.97. The van der Waals surface area contributed by atoms with Gasteiger partial charge >= 0.3 is 0 Å². The number of hydrogen-bond acceptors (Lipinski definition) is 3. The summed E-state index contributed by atoms with van der Waals surface area (Å²) in [5, 5.41) is 0. The van der Waals surface area contributed by atoms with Gasteiger partial charge in [0.2, 0.25) is 0 Å². The number of aldehydes is 1. The van der Waals surface area contributed by atoms with Gasteiger partial charge in [-0.3, -0.25) is 4.79 Å². The van der Waals surface area contributed by atoms with Crippen LogP contribution in [0.1, 0.15) is 10.4 Å². The summed E-state index contributed by atoms with van der Waals surface area (Å²) >= 11 is 0. The van der Waals surface area contributed by atoms with Gasteiger partial charge in [-0.15, -0.1) is 0 Å². The number of carbonyl (C=O) groups excluding carboxylic acids is 1. The molecular weight excluding hydrogens is 178 g/mol. The van der Waals surface area contributed by atoms with E-state index in [9.17, 15) is 4.79 Å². The van der Waals surface area contributed by atoms with Gasteiger partial charge in [-0.05, 0) is 24.3 Å². The number of anilines is 1. The second-order valence-electron chi connectivity index (χ2n) is 3.51. The maximum Gasteiger partial charge on any atom is 0.150 e. The molecule has 1 heterocycles. The molecule has 14 heavy (non-hydrogen) atoms. The van der Waals surface area contributed by atoms with Gasteiger partial charge in [0.1, 0.15) is 6.29 Å². The predicted octanol–water partition coefficient (Wildman–Crippen LogP) is 1.33. The SMILES string of the molecule is CN(c1ccc(C=O)cc1)C1COC1. The summed E-state index contributed by atoms with van der Waals surface area (Å²) in [6.45, 7) is 1.60. The van der Waals surface area contributed by atoms with Crippen molar-refractivity contribution in [2.24, 2.45) is 0 Å². The zero-order valence-electron chi connectivity index (χ0n) is 8.14. The Kier molecular flexibility index (Phi) is 2.50. The van der Waals surface area contributed by atoms with E-state index < -0.39 is 0 Å². The van der Waals surface area contributed by atoms with Gasteiger partial charge in [0.15, 0.2) is 0 Å². The van der Waals surface area contributed by atoms with Crippen LogP contribution in [0.15, 0.2) is 24.3 Å². The monoisotopic (exact) mass is 191 g/mol. The minimum atomic E-state index is 0.483. The van der Waals surface area contributed by atoms with Gasteiger partial charge < -0.3 is 9.64 Å². The zero-order valence-corrected chi connectivity index (χ0v) is 8.14. The summed E-state index contributed by atoms with van der Waals surface area (Å²) in [6.07, 6.45) is 0.857. The van der Waals surface area contributed by atoms with Crippen LogP contribution >= 0.6 is 0 Å². The largest absolute Gasteiger partial charge is 0.377 e. The smallest absolute Gasteiger partial charge is 0.150 e. The lowest BCUT2D eigenvalue weighted by molar-refractivity contribution is 0.0101. The van der Waals surface area contributed by atoms with Crippen molar-refractivity contribution in [3.8, 4) is 0 Å². The average molecular weight is 191 g/mol. The summed E-state index contributed by atoms with van der Waals surface area (Å²) in [5.41, 5.74) is 1.84. The predicted molar refractivity (Wildman–Crippen MR) is 54.8 cm³/mol. The maximum absolute atomic E-state index is 10.5. The molecule has 1 saturated heterocycles. The Hall–Kier alpha value is -1.35. The molecule has 0 saturated carbocycles. The molecule has 1 aliphatic heterocycles. The van der Waals surface area contributed by atoms with Crippen molar-refractivity contribution in [3.63, 3.8) is 0 Å². The van der Waals surface area contributed by atoms with Crippen molar-refractivity contribution in [2.75, 3.05) is 25.2 Å². The average Bonchev–Trinajstić information content (AvgIpc) is 2.15. The van der Waals surface area contributed by atoms with Gasteiger partial charge in [-0.25, -0.2) is 0 Å². The van der Waals surface area contributed by atoms with E-state index in [1.54, 1.807) is 0 Å². The first kappa shape index (κ1) is 9.21. The molecule has 3 nitrogen and oxygen atoms in total. The fraction of sp³-hybridized carbons (Fsp3) is 0.364. The first-order valence-electron chi connectivity index (χ1n) is 4.67. The standard InChI is InChI=1S/C11H13NO2/c1-12(11-7-14-8-11)10-4-2-9(6-13)3-5-10/h2-6,11H,7-8H2,1H3. The summed E-state index contributed by atoms with van der Waals surface area (Å²) in [6, 6.07) is 8.07. The molecule has 0 bridgehead atoms. The summed E-state index contributed by atoms with van der Waals surface area (Å²) in [7, 11) is 2.04. The first-order valence-corrected chi connectivity index (χ1v) is 4.67. The van der Waals surface area contributed by atoms with E-state index in [4.69, 9.17) is 4.74 Å². The highest BCUT2D eigenvalue weighted by Gasteiger charge is 2.22. The van der Waals surface area contributed by atoms with Gasteiger partial charge in [-0.2, -0.15) is 0 Å². The van der Waals surface area contributed by atoms with E-state index in [2.05, 4.69) is 4.90 Å². The lowest BCUT2D eigenvalue weighted by Crippen LogP contribution is -2.47. The summed E-state index contributed by atoms with van der Waals surface area (Å²) in [4.78, 5) is 12.6. The Balaban J connectivity index is 2.11. The molecular formula is C11H13NO2. The van der Waals surface area contributed by atoms with Crippen LogP contribution in [-0.4, -0.2) is 32.6 Å². The van der Waals surface area contributed by atoms with E-state index in [-0.39, 0.29) is 0 Å². The lowest BCUT2D eigenvalue weighted by Gasteiger charge is -2.36. The molecule has 0 unspecified atom stereocenters. The molecule has 1 aromatic carbocycles. The third-order valence-electron chi connectivity index (χ3n) is 2.60. The Morgan fingerprint density at radius 2 is 2.00 bits per heavy atom. The van der Waals surface area contributed by atoms with E-state index in [0.29, 0.717) is 11.6 Å². The quantitative estimate of drug-likeness (QED) is 0.675. The third kappa shape index (κ3) is 1.63. The minimum Gasteiger partial charge on any atom is -0.377 e. The van der Waals surface area contributed by atoms with Crippen LogP contribution in [0, 0.1) is 0 Å². The Morgan fingerprint density at radius 1 is 1.36 bits per heavy atom. The number of nitrogens with zero attached hydrogens (tertiary/aromatic N) is 1. The molecule has 1 fully saturated rings. The van der Waals surface area contributed by atoms with Crippen LogP contribution < -0.4 is 4.90 Å². The Bertz CT molecular complexity index is 317. The fourth-order valence-electron chi connectivity index (χ4n) is 1.45. The van der Waals surface area contributed by atoms with Crippen LogP contribution in [0.4, 0.5) is 5.69 Å². The topological polar surface area (TPSA) is 29.5 Å². The molecule has 0 atom stereocenters. The molecule has 0 radical (unpaired) electrons. The minimum absolute atomic E-state index is 0.483. The third-order valence-corrected chi connectivity index (χ3v) is 2.60. The molecule has 0 aliphatic carbocycles. The van der Waals surface area contributed by atoms with Crippen LogP contribution in [-0.2, 0) is 4.74 Å². The van der Waals surface area contributed by atoms with Crippen LogP contribution in [0.3, 0.4) is 0 Å². The Labute approximate surface area is 83.3 Å². The van der Waals surface area contributed by atoms with Gasteiger partial charge in [0, 0.05) is 18.3 Å². The molecule has 0 aromatic heterocycles. The second kappa shape index (κ2) is 3.80. The number of ether oxygens (including phenoxy) is 1. The fourth-order valence-corrected chi connectivity index (χ4v) is 1.45. The normalized spacial score (nSPS) is 16.1. The molecule has 1 aromatic rings. The lowest BCUT2D eigenvalue weighted by atomic mass is 10.1. The summed E-state index contributed by atoms with van der Waals surface area (Å²) in [5.74, 6) is 0. The number of carbonyl (C=O) groups is 1. The first-order chi connectivity index (χ1) is 6.81. The summed E-state index contributed by atoms with van der Waals surface area (Å²) < 4.78 is 5.12. The van der Waals surface area contributed by atoms with Crippen LogP contribution in [0.25, 0.3) is 0 Å². The molecule has 0 spiro atoms. The van der Waals surface area contributed by atoms with Crippen LogP contribution in [0.5, 0.6) is 0 Å². The number of benzene rings is 1. The van der Waals surface area contributed by atoms with Crippen molar-refractivity contribution in [1.82, 2.24) is 0 Å². The van der Waals surface area contributed by atoms with Crippen molar-refractivity contribution in [3.05, 3.63) is 29.8 Å². The second-order valence-corrected chi connectivity index (χ2v) is 3.51. The molecule has 1 aliphatic rings. The van der Waals surface area contributed by atoms with E-state index >= 15 is 0 Å². The number of rotatable bonds is 3. The molecule has 2 rings (SSSR count). The van der Waals surface area contributed by atoms with E-state index in [1.807, 2.05) is 31.3 Å². The van der Waals surface area contributed by atoms with E-state index in [1.165, 1.54) is 0 Å². The molecule has 3 heteroatoms. The van der Waals surface area contributed by atoms with E-state index in [0.717, 1.165) is 25.2 Å². The van der Waals surface area contributed by atoms with Crippen molar-refractivity contribution in [2.45, 2.75) is 6.04 Å².